The van der Waals surface area contributed by atoms with E-state index in [9.17, 15) is 0 Å². The van der Waals surface area contributed by atoms with E-state index < -0.39 is 0 Å². The molecular formula is C18H28BrNO2. The Morgan fingerprint density at radius 1 is 1.18 bits per heavy atom. The van der Waals surface area contributed by atoms with E-state index in [0.717, 1.165) is 22.5 Å². The molecule has 0 unspecified atom stereocenters. The first-order chi connectivity index (χ1) is 10.6. The van der Waals surface area contributed by atoms with Gasteiger partial charge in [-0.1, -0.05) is 25.7 Å². The van der Waals surface area contributed by atoms with Gasteiger partial charge >= 0.3 is 0 Å². The Balaban J connectivity index is 2.03. The van der Waals surface area contributed by atoms with Crippen molar-refractivity contribution in [1.29, 1.82) is 0 Å². The quantitative estimate of drug-likeness (QED) is 0.711. The molecule has 1 saturated carbocycles. The summed E-state index contributed by atoms with van der Waals surface area (Å²) in [5.74, 6) is 1.58. The van der Waals surface area contributed by atoms with Crippen molar-refractivity contribution in [1.82, 2.24) is 5.32 Å². The molecule has 0 radical (unpaired) electrons. The van der Waals surface area contributed by atoms with Crippen LogP contribution in [-0.4, -0.2) is 19.3 Å². The molecule has 22 heavy (non-hydrogen) atoms. The first-order valence-electron chi connectivity index (χ1n) is 8.36. The van der Waals surface area contributed by atoms with E-state index in [-0.39, 0.29) is 6.10 Å². The molecule has 0 saturated heterocycles. The summed E-state index contributed by atoms with van der Waals surface area (Å²) in [5, 5.41) is 3.70. The fourth-order valence-electron chi connectivity index (χ4n) is 2.97. The van der Waals surface area contributed by atoms with Gasteiger partial charge in [-0.3, -0.25) is 0 Å². The Kier molecular flexibility index (Phi) is 7.03. The second-order valence-corrected chi connectivity index (χ2v) is 7.20. The van der Waals surface area contributed by atoms with Gasteiger partial charge in [-0.2, -0.15) is 0 Å². The summed E-state index contributed by atoms with van der Waals surface area (Å²) in [6.07, 6.45) is 8.20. The molecule has 1 aliphatic rings. The van der Waals surface area contributed by atoms with Crippen molar-refractivity contribution in [2.75, 3.05) is 7.11 Å². The summed E-state index contributed by atoms with van der Waals surface area (Å²) in [4.78, 5) is 0. The minimum Gasteiger partial charge on any atom is -0.493 e. The van der Waals surface area contributed by atoms with E-state index in [1.165, 1.54) is 44.1 Å². The van der Waals surface area contributed by atoms with Crippen molar-refractivity contribution in [2.24, 2.45) is 0 Å². The Morgan fingerprint density at radius 2 is 1.86 bits per heavy atom. The molecule has 0 heterocycles. The highest BCUT2D eigenvalue weighted by Crippen LogP contribution is 2.37. The lowest BCUT2D eigenvalue weighted by Gasteiger charge is -2.19. The van der Waals surface area contributed by atoms with E-state index >= 15 is 0 Å². The van der Waals surface area contributed by atoms with Crippen LogP contribution in [0.2, 0.25) is 0 Å². The van der Waals surface area contributed by atoms with Gasteiger partial charge in [-0.15, -0.1) is 0 Å². The average Bonchev–Trinajstić information content (AvgIpc) is 2.75. The zero-order valence-corrected chi connectivity index (χ0v) is 15.5. The number of hydrogen-bond acceptors (Lipinski definition) is 3. The Hall–Kier alpha value is -0.740. The topological polar surface area (TPSA) is 30.5 Å². The Labute approximate surface area is 142 Å². The minimum atomic E-state index is 0.125. The lowest BCUT2D eigenvalue weighted by Crippen LogP contribution is -2.27. The predicted molar refractivity (Wildman–Crippen MR) is 94.8 cm³/mol. The maximum Gasteiger partial charge on any atom is 0.175 e. The molecule has 3 nitrogen and oxygen atoms in total. The highest BCUT2D eigenvalue weighted by atomic mass is 79.9. The average molecular weight is 370 g/mol. The molecule has 0 aliphatic heterocycles. The number of benzene rings is 1. The smallest absolute Gasteiger partial charge is 0.175 e. The van der Waals surface area contributed by atoms with Gasteiger partial charge in [0.15, 0.2) is 11.5 Å². The van der Waals surface area contributed by atoms with Crippen molar-refractivity contribution in [2.45, 2.75) is 71.1 Å². The molecule has 0 aromatic heterocycles. The molecule has 1 aliphatic carbocycles. The first kappa shape index (κ1) is 17.6. The van der Waals surface area contributed by atoms with Crippen LogP contribution < -0.4 is 14.8 Å². The van der Waals surface area contributed by atoms with Crippen LogP contribution in [0.5, 0.6) is 11.5 Å². The summed E-state index contributed by atoms with van der Waals surface area (Å²) in [7, 11) is 1.69. The number of methoxy groups -OCH3 is 1. The molecule has 0 spiro atoms. The zero-order valence-electron chi connectivity index (χ0n) is 14.0. The molecule has 1 aromatic carbocycles. The Bertz CT molecular complexity index is 468. The summed E-state index contributed by atoms with van der Waals surface area (Å²) in [5.41, 5.74) is 1.23. The molecule has 0 atom stereocenters. The number of ether oxygens (including phenoxy) is 2. The normalized spacial score (nSPS) is 16.6. The van der Waals surface area contributed by atoms with Crippen LogP contribution in [0.25, 0.3) is 0 Å². The lowest BCUT2D eigenvalue weighted by atomic mass is 10.1. The fourth-order valence-corrected chi connectivity index (χ4v) is 3.55. The van der Waals surface area contributed by atoms with Gasteiger partial charge in [0.1, 0.15) is 0 Å². The third kappa shape index (κ3) is 5.17. The van der Waals surface area contributed by atoms with Crippen molar-refractivity contribution >= 4 is 15.9 Å². The van der Waals surface area contributed by atoms with Crippen LogP contribution in [0, 0.1) is 0 Å². The minimum absolute atomic E-state index is 0.125. The molecule has 4 heteroatoms. The fraction of sp³-hybridized carbons (Fsp3) is 0.667. The second kappa shape index (κ2) is 8.78. The first-order valence-corrected chi connectivity index (χ1v) is 9.16. The molecule has 1 fully saturated rings. The Morgan fingerprint density at radius 3 is 2.45 bits per heavy atom. The van der Waals surface area contributed by atoms with E-state index in [4.69, 9.17) is 9.47 Å². The van der Waals surface area contributed by atoms with Crippen molar-refractivity contribution < 1.29 is 9.47 Å². The highest BCUT2D eigenvalue weighted by molar-refractivity contribution is 9.10. The largest absolute Gasteiger partial charge is 0.493 e. The molecule has 0 amide bonds. The zero-order chi connectivity index (χ0) is 15.9. The monoisotopic (exact) mass is 369 g/mol. The SMILES string of the molecule is COc1cc(CNC2CCCCCC2)cc(Br)c1OC(C)C. The summed E-state index contributed by atoms with van der Waals surface area (Å²) >= 11 is 3.61. The number of halogens is 1. The van der Waals surface area contributed by atoms with Crippen LogP contribution in [0.15, 0.2) is 16.6 Å². The van der Waals surface area contributed by atoms with Crippen molar-refractivity contribution in [3.05, 3.63) is 22.2 Å². The van der Waals surface area contributed by atoms with Crippen LogP contribution in [-0.2, 0) is 6.54 Å². The highest BCUT2D eigenvalue weighted by Gasteiger charge is 2.15. The number of rotatable bonds is 6. The summed E-state index contributed by atoms with van der Waals surface area (Å²) < 4.78 is 12.3. The van der Waals surface area contributed by atoms with Gasteiger partial charge in [0.25, 0.3) is 0 Å². The molecule has 0 bridgehead atoms. The van der Waals surface area contributed by atoms with E-state index in [1.54, 1.807) is 7.11 Å². The third-order valence-corrected chi connectivity index (χ3v) is 4.68. The van der Waals surface area contributed by atoms with E-state index in [0.29, 0.717) is 6.04 Å². The van der Waals surface area contributed by atoms with Gasteiger partial charge in [-0.25, -0.2) is 0 Å². The van der Waals surface area contributed by atoms with Crippen LogP contribution in [0.1, 0.15) is 57.9 Å². The van der Waals surface area contributed by atoms with Crippen molar-refractivity contribution in [3.63, 3.8) is 0 Å². The van der Waals surface area contributed by atoms with E-state index in [1.807, 2.05) is 13.8 Å². The molecule has 1 aromatic rings. The van der Waals surface area contributed by atoms with Gasteiger partial charge in [-0.05, 0) is 60.3 Å². The van der Waals surface area contributed by atoms with Gasteiger partial charge < -0.3 is 14.8 Å². The predicted octanol–water partition coefficient (Wildman–Crippen LogP) is 5.06. The summed E-state index contributed by atoms with van der Waals surface area (Å²) in [6.45, 7) is 4.92. The molecular weight excluding hydrogens is 342 g/mol. The van der Waals surface area contributed by atoms with Gasteiger partial charge in [0.2, 0.25) is 0 Å². The van der Waals surface area contributed by atoms with E-state index in [2.05, 4.69) is 33.4 Å². The number of hydrogen-bond donors (Lipinski definition) is 1. The van der Waals surface area contributed by atoms with Gasteiger partial charge in [0.05, 0.1) is 17.7 Å². The summed E-state index contributed by atoms with van der Waals surface area (Å²) in [6, 6.07) is 4.86. The standard InChI is InChI=1S/C18H28BrNO2/c1-13(2)22-18-16(19)10-14(11-17(18)21-3)12-20-15-8-6-4-5-7-9-15/h10-11,13,15,20H,4-9,12H2,1-3H3. The van der Waals surface area contributed by atoms with Crippen LogP contribution in [0.3, 0.4) is 0 Å². The maximum atomic E-state index is 5.84. The maximum absolute atomic E-state index is 5.84. The van der Waals surface area contributed by atoms with Crippen LogP contribution >= 0.6 is 15.9 Å². The molecule has 2 rings (SSSR count). The number of nitrogens with one attached hydrogen (secondary N) is 1. The van der Waals surface area contributed by atoms with Gasteiger partial charge in [0, 0.05) is 12.6 Å². The molecule has 1 N–H and O–H groups in total. The van der Waals surface area contributed by atoms with Crippen molar-refractivity contribution in [3.8, 4) is 11.5 Å². The second-order valence-electron chi connectivity index (χ2n) is 6.35. The van der Waals surface area contributed by atoms with Crippen LogP contribution in [0.4, 0.5) is 0 Å². The third-order valence-electron chi connectivity index (χ3n) is 4.09. The molecule has 124 valence electrons. The lowest BCUT2D eigenvalue weighted by molar-refractivity contribution is 0.228.